The number of alkyl halides is 3. The first-order valence-corrected chi connectivity index (χ1v) is 8.24. The van der Waals surface area contributed by atoms with Crippen LogP contribution in [0.15, 0.2) is 29.2 Å². The van der Waals surface area contributed by atoms with Crippen molar-refractivity contribution in [3.8, 4) is 0 Å². The first-order valence-electron chi connectivity index (χ1n) is 6.58. The first-order chi connectivity index (χ1) is 9.43. The Hall–Kier alpha value is -1.08. The molecule has 2 atom stereocenters. The number of hydrogen-bond acceptors (Lipinski definition) is 3. The van der Waals surface area contributed by atoms with E-state index in [1.165, 1.54) is 12.1 Å². The SMILES string of the molecule is CC1(C)C(N)CC1c1ccc(S(=O)(=O)CC(F)(F)F)cc1. The molecule has 1 saturated carbocycles. The molecule has 1 aliphatic rings. The minimum atomic E-state index is -4.74. The Labute approximate surface area is 122 Å². The van der Waals surface area contributed by atoms with Gasteiger partial charge in [0.15, 0.2) is 15.6 Å². The van der Waals surface area contributed by atoms with Gasteiger partial charge in [-0.3, -0.25) is 0 Å². The Bertz CT molecular complexity index is 621. The second-order valence-corrected chi connectivity index (χ2v) is 8.15. The average molecular weight is 321 g/mol. The van der Waals surface area contributed by atoms with Crippen molar-refractivity contribution in [3.05, 3.63) is 29.8 Å². The smallest absolute Gasteiger partial charge is 0.327 e. The minimum Gasteiger partial charge on any atom is -0.327 e. The van der Waals surface area contributed by atoms with Crippen LogP contribution in [0.3, 0.4) is 0 Å². The maximum atomic E-state index is 12.3. The summed E-state index contributed by atoms with van der Waals surface area (Å²) in [5, 5.41) is 0. The maximum absolute atomic E-state index is 12.3. The number of rotatable bonds is 3. The predicted molar refractivity (Wildman–Crippen MR) is 73.7 cm³/mol. The number of benzene rings is 1. The van der Waals surface area contributed by atoms with Gasteiger partial charge in [-0.15, -0.1) is 0 Å². The summed E-state index contributed by atoms with van der Waals surface area (Å²) < 4.78 is 60.1. The molecule has 1 aliphatic carbocycles. The molecule has 0 spiro atoms. The van der Waals surface area contributed by atoms with Crippen LogP contribution in [-0.4, -0.2) is 26.4 Å². The van der Waals surface area contributed by atoms with Gasteiger partial charge in [0.25, 0.3) is 0 Å². The van der Waals surface area contributed by atoms with Gasteiger partial charge in [-0.2, -0.15) is 13.2 Å². The van der Waals surface area contributed by atoms with Crippen LogP contribution in [0.25, 0.3) is 0 Å². The van der Waals surface area contributed by atoms with Gasteiger partial charge in [-0.25, -0.2) is 8.42 Å². The Morgan fingerprint density at radius 2 is 1.76 bits per heavy atom. The van der Waals surface area contributed by atoms with E-state index in [2.05, 4.69) is 0 Å². The summed E-state index contributed by atoms with van der Waals surface area (Å²) in [5.41, 5.74) is 6.75. The number of hydrogen-bond donors (Lipinski definition) is 1. The van der Waals surface area contributed by atoms with E-state index >= 15 is 0 Å². The summed E-state index contributed by atoms with van der Waals surface area (Å²) in [5.74, 6) is -1.63. The lowest BCUT2D eigenvalue weighted by Gasteiger charge is -2.50. The second kappa shape index (κ2) is 4.98. The fraction of sp³-hybridized carbons (Fsp3) is 0.571. The summed E-state index contributed by atoms with van der Waals surface area (Å²) in [4.78, 5) is -0.301. The second-order valence-electron chi connectivity index (χ2n) is 6.16. The molecule has 1 aromatic carbocycles. The van der Waals surface area contributed by atoms with Gasteiger partial charge in [0.2, 0.25) is 0 Å². The summed E-state index contributed by atoms with van der Waals surface area (Å²) >= 11 is 0. The zero-order valence-corrected chi connectivity index (χ0v) is 12.6. The molecule has 0 saturated heterocycles. The van der Waals surface area contributed by atoms with Crippen molar-refractivity contribution in [2.75, 3.05) is 5.75 Å². The molecule has 2 unspecified atom stereocenters. The summed E-state index contributed by atoms with van der Waals surface area (Å²) in [6.45, 7) is 4.06. The fourth-order valence-electron chi connectivity index (χ4n) is 2.73. The van der Waals surface area contributed by atoms with E-state index in [-0.39, 0.29) is 22.3 Å². The minimum absolute atomic E-state index is 0.0798. The summed E-state index contributed by atoms with van der Waals surface area (Å²) in [6, 6.07) is 5.74. The third-order valence-electron chi connectivity index (χ3n) is 4.34. The molecule has 1 aromatic rings. The Balaban J connectivity index is 2.21. The Morgan fingerprint density at radius 1 is 1.24 bits per heavy atom. The molecule has 7 heteroatoms. The van der Waals surface area contributed by atoms with Crippen LogP contribution in [0.2, 0.25) is 0 Å². The largest absolute Gasteiger partial charge is 0.403 e. The van der Waals surface area contributed by atoms with Crippen molar-refractivity contribution in [2.24, 2.45) is 11.1 Å². The van der Waals surface area contributed by atoms with Crippen LogP contribution in [0.1, 0.15) is 31.7 Å². The van der Waals surface area contributed by atoms with Crippen LogP contribution >= 0.6 is 0 Å². The van der Waals surface area contributed by atoms with E-state index in [0.717, 1.165) is 12.0 Å². The summed E-state index contributed by atoms with van der Waals surface area (Å²) in [7, 11) is -4.34. The molecular weight excluding hydrogens is 303 g/mol. The summed E-state index contributed by atoms with van der Waals surface area (Å²) in [6.07, 6.45) is -3.94. The highest BCUT2D eigenvalue weighted by Crippen LogP contribution is 2.51. The molecule has 0 radical (unpaired) electrons. The molecule has 0 aliphatic heterocycles. The van der Waals surface area contributed by atoms with Gasteiger partial charge in [0.05, 0.1) is 4.90 Å². The molecule has 0 bridgehead atoms. The van der Waals surface area contributed by atoms with E-state index in [4.69, 9.17) is 5.73 Å². The molecule has 118 valence electrons. The predicted octanol–water partition coefficient (Wildman–Crippen LogP) is 2.86. The molecule has 1 fully saturated rings. The average Bonchev–Trinajstić information content (AvgIpc) is 2.33. The Kier molecular flexibility index (Phi) is 3.87. The highest BCUT2D eigenvalue weighted by atomic mass is 32.2. The van der Waals surface area contributed by atoms with Crippen molar-refractivity contribution >= 4 is 9.84 Å². The quantitative estimate of drug-likeness (QED) is 0.931. The molecule has 0 heterocycles. The monoisotopic (exact) mass is 321 g/mol. The third kappa shape index (κ3) is 3.23. The van der Waals surface area contributed by atoms with Crippen LogP contribution in [0.5, 0.6) is 0 Å². The number of nitrogens with two attached hydrogens (primary N) is 1. The van der Waals surface area contributed by atoms with Gasteiger partial charge in [-0.1, -0.05) is 26.0 Å². The molecule has 21 heavy (non-hydrogen) atoms. The van der Waals surface area contributed by atoms with Crippen molar-refractivity contribution < 1.29 is 21.6 Å². The van der Waals surface area contributed by atoms with E-state index in [1.807, 2.05) is 13.8 Å². The van der Waals surface area contributed by atoms with Crippen molar-refractivity contribution in [1.29, 1.82) is 0 Å². The highest BCUT2D eigenvalue weighted by Gasteiger charge is 2.46. The standard InChI is InChI=1S/C14H18F3NO2S/c1-13(2)11(7-12(13)18)9-3-5-10(6-4-9)21(19,20)8-14(15,16)17/h3-6,11-12H,7-8,18H2,1-2H3. The van der Waals surface area contributed by atoms with Crippen LogP contribution in [0.4, 0.5) is 13.2 Å². The number of sulfone groups is 1. The zero-order chi connectivity index (χ0) is 16.1. The lowest BCUT2D eigenvalue weighted by molar-refractivity contribution is -0.106. The molecule has 0 aromatic heterocycles. The molecule has 2 rings (SSSR count). The van der Waals surface area contributed by atoms with Crippen molar-refractivity contribution in [2.45, 2.75) is 43.3 Å². The first kappa shape index (κ1) is 16.3. The van der Waals surface area contributed by atoms with Crippen LogP contribution in [-0.2, 0) is 9.84 Å². The lowest BCUT2D eigenvalue weighted by atomic mass is 9.57. The molecule has 2 N–H and O–H groups in total. The fourth-order valence-corrected chi connectivity index (χ4v) is 3.88. The van der Waals surface area contributed by atoms with E-state index in [0.29, 0.717) is 0 Å². The van der Waals surface area contributed by atoms with Gasteiger partial charge in [-0.05, 0) is 35.4 Å². The molecule has 0 amide bonds. The van der Waals surface area contributed by atoms with Gasteiger partial charge >= 0.3 is 6.18 Å². The number of halogens is 3. The maximum Gasteiger partial charge on any atom is 0.403 e. The topological polar surface area (TPSA) is 60.2 Å². The van der Waals surface area contributed by atoms with Crippen LogP contribution < -0.4 is 5.73 Å². The highest BCUT2D eigenvalue weighted by molar-refractivity contribution is 7.91. The van der Waals surface area contributed by atoms with Gasteiger partial charge in [0.1, 0.15) is 0 Å². The third-order valence-corrected chi connectivity index (χ3v) is 6.04. The Morgan fingerprint density at radius 3 is 2.14 bits per heavy atom. The van der Waals surface area contributed by atoms with Gasteiger partial charge < -0.3 is 5.73 Å². The molecule has 3 nitrogen and oxygen atoms in total. The van der Waals surface area contributed by atoms with E-state index < -0.39 is 21.8 Å². The lowest BCUT2D eigenvalue weighted by Crippen LogP contribution is -2.52. The van der Waals surface area contributed by atoms with Gasteiger partial charge in [0, 0.05) is 6.04 Å². The van der Waals surface area contributed by atoms with E-state index in [1.54, 1.807) is 12.1 Å². The van der Waals surface area contributed by atoms with Crippen molar-refractivity contribution in [1.82, 2.24) is 0 Å². The normalized spacial score (nSPS) is 25.4. The van der Waals surface area contributed by atoms with E-state index in [9.17, 15) is 21.6 Å². The molecular formula is C14H18F3NO2S. The van der Waals surface area contributed by atoms with Crippen LogP contribution in [0, 0.1) is 5.41 Å². The zero-order valence-electron chi connectivity index (χ0n) is 11.8. The van der Waals surface area contributed by atoms with Crippen molar-refractivity contribution in [3.63, 3.8) is 0 Å².